The topological polar surface area (TPSA) is 62.3 Å². The van der Waals surface area contributed by atoms with Gasteiger partial charge in [-0.15, -0.1) is 0 Å². The van der Waals surface area contributed by atoms with Crippen molar-refractivity contribution < 1.29 is 12.8 Å². The van der Waals surface area contributed by atoms with E-state index in [1.54, 1.807) is 12.1 Å². The molecule has 0 amide bonds. The maximum absolute atomic E-state index is 13.1. The molecule has 2 rings (SSSR count). The molecule has 1 saturated heterocycles. The summed E-state index contributed by atoms with van der Waals surface area (Å²) in [5.41, 5.74) is 0. The quantitative estimate of drug-likeness (QED) is 0.839. The van der Waals surface area contributed by atoms with Crippen LogP contribution in [0.1, 0.15) is 12.8 Å². The first-order chi connectivity index (χ1) is 8.94. The molecule has 2 heterocycles. The van der Waals surface area contributed by atoms with Gasteiger partial charge in [-0.05, 0) is 30.9 Å². The largest absolute Gasteiger partial charge is 0.356 e. The Balaban J connectivity index is 1.97. The van der Waals surface area contributed by atoms with Gasteiger partial charge in [0.1, 0.15) is 5.82 Å². The van der Waals surface area contributed by atoms with Crippen molar-refractivity contribution in [3.63, 3.8) is 0 Å². The highest BCUT2D eigenvalue weighted by Crippen LogP contribution is 2.21. The predicted octanol–water partition coefficient (Wildman–Crippen LogP) is 0.986. The molecule has 0 spiro atoms. The van der Waals surface area contributed by atoms with Crippen molar-refractivity contribution in [3.8, 4) is 0 Å². The van der Waals surface area contributed by atoms with Gasteiger partial charge in [0.2, 0.25) is 16.0 Å². The minimum atomic E-state index is -3.16. The number of rotatable bonds is 4. The Morgan fingerprint density at radius 2 is 2.32 bits per heavy atom. The molecule has 19 heavy (non-hydrogen) atoms. The number of aromatic nitrogens is 1. The zero-order chi connectivity index (χ0) is 13.9. The lowest BCUT2D eigenvalue weighted by molar-refractivity contribution is 0.408. The van der Waals surface area contributed by atoms with Gasteiger partial charge in [0.15, 0.2) is 0 Å². The number of hydrogen-bond donors (Lipinski definition) is 1. The highest BCUT2D eigenvalue weighted by molar-refractivity contribution is 7.88. The molecular formula is C12H18FN3O2S. The molecule has 1 aliphatic rings. The van der Waals surface area contributed by atoms with Crippen molar-refractivity contribution >= 4 is 15.8 Å². The monoisotopic (exact) mass is 287 g/mol. The summed E-state index contributed by atoms with van der Waals surface area (Å²) in [5.74, 6) is 0.353. The van der Waals surface area contributed by atoms with Crippen LogP contribution in [0.15, 0.2) is 18.2 Å². The number of sulfonamides is 1. The summed E-state index contributed by atoms with van der Waals surface area (Å²) < 4.78 is 37.8. The lowest BCUT2D eigenvalue weighted by atomic mass is 9.98. The molecule has 7 heteroatoms. The van der Waals surface area contributed by atoms with Crippen LogP contribution in [0.4, 0.5) is 10.2 Å². The molecule has 1 aliphatic heterocycles. The van der Waals surface area contributed by atoms with E-state index in [0.717, 1.165) is 25.6 Å². The zero-order valence-electron chi connectivity index (χ0n) is 10.8. The van der Waals surface area contributed by atoms with E-state index in [0.29, 0.717) is 18.9 Å². The van der Waals surface area contributed by atoms with Gasteiger partial charge >= 0.3 is 0 Å². The second-order valence-electron chi connectivity index (χ2n) is 4.89. The number of anilines is 1. The Bertz CT molecular complexity index is 536. The number of pyridine rings is 1. The highest BCUT2D eigenvalue weighted by Gasteiger charge is 2.21. The number of nitrogens with one attached hydrogen (secondary N) is 1. The molecule has 1 N–H and O–H groups in total. The Morgan fingerprint density at radius 1 is 1.53 bits per heavy atom. The average Bonchev–Trinajstić information content (AvgIpc) is 2.36. The lowest BCUT2D eigenvalue weighted by Gasteiger charge is -2.33. The molecule has 0 radical (unpaired) electrons. The summed E-state index contributed by atoms with van der Waals surface area (Å²) in [4.78, 5) is 5.86. The zero-order valence-corrected chi connectivity index (χ0v) is 11.7. The minimum absolute atomic E-state index is 0.230. The fourth-order valence-electron chi connectivity index (χ4n) is 2.28. The molecule has 1 aromatic rings. The average molecular weight is 287 g/mol. The van der Waals surface area contributed by atoms with Crippen LogP contribution in [0, 0.1) is 11.9 Å². The van der Waals surface area contributed by atoms with E-state index in [9.17, 15) is 12.8 Å². The predicted molar refractivity (Wildman–Crippen MR) is 72.0 cm³/mol. The third-order valence-electron chi connectivity index (χ3n) is 3.18. The second-order valence-corrected chi connectivity index (χ2v) is 6.73. The van der Waals surface area contributed by atoms with Gasteiger partial charge in [0, 0.05) is 19.6 Å². The SMILES string of the molecule is CS(=O)(=O)NCC1CCCN(c2cccc(F)n2)C1. The molecule has 106 valence electrons. The van der Waals surface area contributed by atoms with E-state index in [1.807, 2.05) is 4.90 Å². The second kappa shape index (κ2) is 5.83. The number of hydrogen-bond acceptors (Lipinski definition) is 4. The fraction of sp³-hybridized carbons (Fsp3) is 0.583. The van der Waals surface area contributed by atoms with Crippen LogP contribution < -0.4 is 9.62 Å². The van der Waals surface area contributed by atoms with Gasteiger partial charge in [-0.2, -0.15) is 4.39 Å². The molecule has 1 atom stereocenters. The van der Waals surface area contributed by atoms with Crippen LogP contribution in [0.3, 0.4) is 0 Å². The van der Waals surface area contributed by atoms with Gasteiger partial charge in [0.25, 0.3) is 0 Å². The standard InChI is InChI=1S/C12H18FN3O2S/c1-19(17,18)14-8-10-4-3-7-16(9-10)12-6-2-5-11(13)15-12/h2,5-6,10,14H,3-4,7-9H2,1H3. The molecule has 5 nitrogen and oxygen atoms in total. The van der Waals surface area contributed by atoms with Gasteiger partial charge < -0.3 is 4.90 Å². The molecule has 0 bridgehead atoms. The smallest absolute Gasteiger partial charge is 0.214 e. The normalized spacial score (nSPS) is 20.5. The Hall–Kier alpha value is -1.21. The van der Waals surface area contributed by atoms with Gasteiger partial charge in [-0.25, -0.2) is 18.1 Å². The Kier molecular flexibility index (Phi) is 4.36. The summed E-state index contributed by atoms with van der Waals surface area (Å²) >= 11 is 0. The molecule has 0 saturated carbocycles. The van der Waals surface area contributed by atoms with E-state index < -0.39 is 16.0 Å². The molecule has 1 aromatic heterocycles. The maximum Gasteiger partial charge on any atom is 0.214 e. The van der Waals surface area contributed by atoms with Crippen LogP contribution in [0.25, 0.3) is 0 Å². The van der Waals surface area contributed by atoms with Gasteiger partial charge in [-0.3, -0.25) is 0 Å². The van der Waals surface area contributed by atoms with Crippen molar-refractivity contribution in [2.75, 3.05) is 30.8 Å². The summed E-state index contributed by atoms with van der Waals surface area (Å²) in [6.45, 7) is 1.94. The lowest BCUT2D eigenvalue weighted by Crippen LogP contribution is -2.41. The van der Waals surface area contributed by atoms with Crippen molar-refractivity contribution in [1.29, 1.82) is 0 Å². The Morgan fingerprint density at radius 3 is 3.00 bits per heavy atom. The minimum Gasteiger partial charge on any atom is -0.356 e. The molecule has 0 aliphatic carbocycles. The van der Waals surface area contributed by atoms with Crippen molar-refractivity contribution in [3.05, 3.63) is 24.1 Å². The summed E-state index contributed by atoms with van der Waals surface area (Å²) in [7, 11) is -3.16. The Labute approximate surface area is 112 Å². The van der Waals surface area contributed by atoms with Crippen molar-refractivity contribution in [2.45, 2.75) is 12.8 Å². The third-order valence-corrected chi connectivity index (χ3v) is 3.87. The van der Waals surface area contributed by atoms with Crippen molar-refractivity contribution in [1.82, 2.24) is 9.71 Å². The third kappa shape index (κ3) is 4.43. The number of piperidine rings is 1. The summed E-state index contributed by atoms with van der Waals surface area (Å²) in [5, 5.41) is 0. The van der Waals surface area contributed by atoms with Crippen molar-refractivity contribution in [2.24, 2.45) is 5.92 Å². The molecular weight excluding hydrogens is 269 g/mol. The van der Waals surface area contributed by atoms with E-state index in [4.69, 9.17) is 0 Å². The van der Waals surface area contributed by atoms with Gasteiger partial charge in [-0.1, -0.05) is 6.07 Å². The first-order valence-corrected chi connectivity index (χ1v) is 8.15. The van der Waals surface area contributed by atoms with Crippen LogP contribution in [0.5, 0.6) is 0 Å². The van der Waals surface area contributed by atoms with Gasteiger partial charge in [0.05, 0.1) is 6.26 Å². The van der Waals surface area contributed by atoms with E-state index in [1.165, 1.54) is 6.07 Å². The van der Waals surface area contributed by atoms with Crippen LogP contribution in [-0.2, 0) is 10.0 Å². The maximum atomic E-state index is 13.1. The van der Waals surface area contributed by atoms with E-state index >= 15 is 0 Å². The molecule has 0 aromatic carbocycles. The summed E-state index contributed by atoms with van der Waals surface area (Å²) in [6, 6.07) is 4.72. The van der Waals surface area contributed by atoms with Crippen LogP contribution in [-0.4, -0.2) is 39.3 Å². The number of nitrogens with zero attached hydrogens (tertiary/aromatic N) is 2. The van der Waals surface area contributed by atoms with E-state index in [-0.39, 0.29) is 5.92 Å². The van der Waals surface area contributed by atoms with Crippen LogP contribution in [0.2, 0.25) is 0 Å². The molecule has 1 fully saturated rings. The fourth-order valence-corrected chi connectivity index (χ4v) is 2.82. The highest BCUT2D eigenvalue weighted by atomic mass is 32.2. The number of halogens is 1. The first kappa shape index (κ1) is 14.2. The molecule has 1 unspecified atom stereocenters. The van der Waals surface area contributed by atoms with Crippen LogP contribution >= 0.6 is 0 Å². The summed E-state index contributed by atoms with van der Waals surface area (Å²) in [6.07, 6.45) is 3.07. The van der Waals surface area contributed by atoms with E-state index in [2.05, 4.69) is 9.71 Å². The first-order valence-electron chi connectivity index (χ1n) is 6.26.